The van der Waals surface area contributed by atoms with Crippen molar-refractivity contribution in [1.29, 1.82) is 0 Å². The number of thiol groups is 1. The maximum atomic E-state index is 11.1. The molecule has 0 heterocycles. The zero-order chi connectivity index (χ0) is 18.8. The van der Waals surface area contributed by atoms with Gasteiger partial charge in [-0.25, -0.2) is 0 Å². The average molecular weight is 373 g/mol. The predicted octanol–water partition coefficient (Wildman–Crippen LogP) is 7.66. The molecule has 150 valence electrons. The van der Waals surface area contributed by atoms with Gasteiger partial charge in [0.2, 0.25) is 0 Å². The van der Waals surface area contributed by atoms with Crippen LogP contribution in [-0.2, 0) is 4.79 Å². The van der Waals surface area contributed by atoms with Crippen LogP contribution in [0.2, 0.25) is 0 Å². The topological polar surface area (TPSA) is 37.3 Å². The van der Waals surface area contributed by atoms with Crippen molar-refractivity contribution in [1.82, 2.24) is 0 Å². The fourth-order valence-corrected chi connectivity index (χ4v) is 3.76. The predicted molar refractivity (Wildman–Crippen MR) is 114 cm³/mol. The summed E-state index contributed by atoms with van der Waals surface area (Å²) in [5.41, 5.74) is 0. The van der Waals surface area contributed by atoms with Crippen LogP contribution in [0.1, 0.15) is 123 Å². The summed E-state index contributed by atoms with van der Waals surface area (Å²) in [5.74, 6) is -0.974. The van der Waals surface area contributed by atoms with Gasteiger partial charge in [0.05, 0.1) is 5.92 Å². The molecule has 0 aliphatic carbocycles. The second-order valence-electron chi connectivity index (χ2n) is 7.78. The van der Waals surface area contributed by atoms with Gasteiger partial charge in [-0.15, -0.1) is 0 Å². The molecule has 2 atom stereocenters. The first-order valence-corrected chi connectivity index (χ1v) is 11.5. The fourth-order valence-electron chi connectivity index (χ4n) is 3.48. The Labute approximate surface area is 163 Å². The highest BCUT2D eigenvalue weighted by atomic mass is 32.1. The van der Waals surface area contributed by atoms with E-state index in [1.165, 1.54) is 96.3 Å². The Balaban J connectivity index is 3.20. The highest BCUT2D eigenvalue weighted by Gasteiger charge is 2.21. The Kier molecular flexibility index (Phi) is 18.5. The minimum absolute atomic E-state index is 0.0474. The molecule has 0 amide bonds. The number of rotatable bonds is 19. The van der Waals surface area contributed by atoms with Crippen LogP contribution < -0.4 is 0 Å². The van der Waals surface area contributed by atoms with Crippen molar-refractivity contribution in [2.45, 2.75) is 128 Å². The van der Waals surface area contributed by atoms with Gasteiger partial charge in [0.15, 0.2) is 0 Å². The third-order valence-corrected chi connectivity index (χ3v) is 5.63. The zero-order valence-electron chi connectivity index (χ0n) is 17.0. The molecule has 0 aromatic rings. The summed E-state index contributed by atoms with van der Waals surface area (Å²) < 4.78 is 0. The van der Waals surface area contributed by atoms with Crippen LogP contribution in [0.5, 0.6) is 0 Å². The highest BCUT2D eigenvalue weighted by Crippen LogP contribution is 2.19. The van der Waals surface area contributed by atoms with E-state index in [1.807, 2.05) is 6.92 Å². The molecule has 25 heavy (non-hydrogen) atoms. The molecule has 0 aliphatic heterocycles. The third kappa shape index (κ3) is 17.0. The van der Waals surface area contributed by atoms with Crippen LogP contribution in [0.3, 0.4) is 0 Å². The molecule has 0 bridgehead atoms. The molecule has 0 saturated heterocycles. The van der Waals surface area contributed by atoms with Crippen molar-refractivity contribution < 1.29 is 9.90 Å². The van der Waals surface area contributed by atoms with Crippen molar-refractivity contribution in [3.63, 3.8) is 0 Å². The molecule has 0 saturated carbocycles. The average Bonchev–Trinajstić information content (AvgIpc) is 2.57. The summed E-state index contributed by atoms with van der Waals surface area (Å²) in [6.45, 7) is 4.16. The van der Waals surface area contributed by atoms with E-state index in [0.717, 1.165) is 12.8 Å². The monoisotopic (exact) mass is 372 g/mol. The van der Waals surface area contributed by atoms with Gasteiger partial charge >= 0.3 is 5.97 Å². The van der Waals surface area contributed by atoms with Gasteiger partial charge in [0.1, 0.15) is 0 Å². The van der Waals surface area contributed by atoms with Crippen molar-refractivity contribution in [3.05, 3.63) is 0 Å². The first-order chi connectivity index (χ1) is 12.1. The van der Waals surface area contributed by atoms with E-state index in [9.17, 15) is 4.79 Å². The van der Waals surface area contributed by atoms with Gasteiger partial charge in [-0.1, -0.05) is 117 Å². The van der Waals surface area contributed by atoms with E-state index < -0.39 is 5.97 Å². The lowest BCUT2D eigenvalue weighted by atomic mass is 9.97. The Bertz CT molecular complexity index is 292. The fraction of sp³-hybridized carbons (Fsp3) is 0.955. The van der Waals surface area contributed by atoms with Gasteiger partial charge in [-0.2, -0.15) is 12.6 Å². The maximum absolute atomic E-state index is 11.1. The Hall–Kier alpha value is -0.180. The van der Waals surface area contributed by atoms with Crippen molar-refractivity contribution in [2.75, 3.05) is 0 Å². The molecule has 0 aromatic carbocycles. The van der Waals surface area contributed by atoms with E-state index >= 15 is 0 Å². The van der Waals surface area contributed by atoms with E-state index in [2.05, 4.69) is 19.6 Å². The van der Waals surface area contributed by atoms with Gasteiger partial charge < -0.3 is 5.11 Å². The lowest BCUT2D eigenvalue weighted by molar-refractivity contribution is -0.141. The van der Waals surface area contributed by atoms with E-state index in [4.69, 9.17) is 5.11 Å². The lowest BCUT2D eigenvalue weighted by Crippen LogP contribution is -2.21. The quantitative estimate of drug-likeness (QED) is 0.180. The summed E-state index contributed by atoms with van der Waals surface area (Å²) in [7, 11) is 0. The SMILES string of the molecule is CCCCCCCCCCCCCCCCCCC(C(=O)O)C(C)S. The summed E-state index contributed by atoms with van der Waals surface area (Å²) >= 11 is 4.28. The molecule has 0 spiro atoms. The molecule has 0 fully saturated rings. The van der Waals surface area contributed by atoms with Crippen molar-refractivity contribution in [2.24, 2.45) is 5.92 Å². The molecule has 1 N–H and O–H groups in total. The molecular weight excluding hydrogens is 328 g/mol. The molecule has 2 unspecified atom stereocenters. The first kappa shape index (κ1) is 24.8. The maximum Gasteiger partial charge on any atom is 0.307 e. The Morgan fingerprint density at radius 3 is 1.32 bits per heavy atom. The standard InChI is InChI=1S/C22H44O2S/c1-3-4-5-6-7-8-9-10-11-12-13-14-15-16-17-18-19-21(20(2)25)22(23)24/h20-21,25H,3-19H2,1-2H3,(H,23,24). The van der Waals surface area contributed by atoms with Crippen molar-refractivity contribution in [3.8, 4) is 0 Å². The largest absolute Gasteiger partial charge is 0.481 e. The molecule has 0 rings (SSSR count). The third-order valence-electron chi connectivity index (χ3n) is 5.27. The number of hydrogen-bond acceptors (Lipinski definition) is 2. The molecular formula is C22H44O2S. The summed E-state index contributed by atoms with van der Waals surface area (Å²) in [6.07, 6.45) is 22.4. The number of unbranched alkanes of at least 4 members (excludes halogenated alkanes) is 15. The van der Waals surface area contributed by atoms with Gasteiger partial charge in [-0.05, 0) is 6.42 Å². The van der Waals surface area contributed by atoms with E-state index in [1.54, 1.807) is 0 Å². The number of hydrogen-bond donors (Lipinski definition) is 2. The summed E-state index contributed by atoms with van der Waals surface area (Å²) in [6, 6.07) is 0. The van der Waals surface area contributed by atoms with Crippen LogP contribution in [-0.4, -0.2) is 16.3 Å². The number of aliphatic carboxylic acids is 1. The van der Waals surface area contributed by atoms with E-state index in [0.29, 0.717) is 0 Å². The van der Waals surface area contributed by atoms with Crippen LogP contribution in [0, 0.1) is 5.92 Å². The molecule has 0 aromatic heterocycles. The molecule has 3 heteroatoms. The molecule has 2 nitrogen and oxygen atoms in total. The van der Waals surface area contributed by atoms with Crippen LogP contribution in [0.15, 0.2) is 0 Å². The Morgan fingerprint density at radius 1 is 0.720 bits per heavy atom. The molecule has 0 aliphatic rings. The second kappa shape index (κ2) is 18.6. The summed E-state index contributed by atoms with van der Waals surface area (Å²) in [5, 5.41) is 9.07. The van der Waals surface area contributed by atoms with Crippen molar-refractivity contribution >= 4 is 18.6 Å². The number of carbonyl (C=O) groups is 1. The van der Waals surface area contributed by atoms with Gasteiger partial charge in [-0.3, -0.25) is 4.79 Å². The number of carboxylic acids is 1. The van der Waals surface area contributed by atoms with Crippen LogP contribution >= 0.6 is 12.6 Å². The van der Waals surface area contributed by atoms with Gasteiger partial charge in [0, 0.05) is 5.25 Å². The normalized spacial score (nSPS) is 13.7. The van der Waals surface area contributed by atoms with Crippen LogP contribution in [0.4, 0.5) is 0 Å². The second-order valence-corrected chi connectivity index (χ2v) is 8.59. The van der Waals surface area contributed by atoms with E-state index in [-0.39, 0.29) is 11.2 Å². The minimum Gasteiger partial charge on any atom is -0.481 e. The molecule has 0 radical (unpaired) electrons. The van der Waals surface area contributed by atoms with Crippen LogP contribution in [0.25, 0.3) is 0 Å². The minimum atomic E-state index is -0.691. The Morgan fingerprint density at radius 2 is 1.04 bits per heavy atom. The lowest BCUT2D eigenvalue weighted by Gasteiger charge is -2.14. The van der Waals surface area contributed by atoms with Gasteiger partial charge in [0.25, 0.3) is 0 Å². The number of carboxylic acid groups (broad SMARTS) is 1. The first-order valence-electron chi connectivity index (χ1n) is 11.0. The smallest absolute Gasteiger partial charge is 0.307 e. The highest BCUT2D eigenvalue weighted by molar-refractivity contribution is 7.81. The zero-order valence-corrected chi connectivity index (χ0v) is 17.9. The summed E-state index contributed by atoms with van der Waals surface area (Å²) in [4.78, 5) is 11.1.